The van der Waals surface area contributed by atoms with Gasteiger partial charge in [0.05, 0.1) is 12.0 Å². The zero-order valence-electron chi connectivity index (χ0n) is 11.7. The first kappa shape index (κ1) is 13.8. The molecule has 6 heteroatoms. The quantitative estimate of drug-likeness (QED) is 0.594. The van der Waals surface area contributed by atoms with Crippen molar-refractivity contribution >= 4 is 16.6 Å². The highest BCUT2D eigenvalue weighted by Crippen LogP contribution is 2.31. The molecule has 0 saturated heterocycles. The van der Waals surface area contributed by atoms with Crippen molar-refractivity contribution in [3.63, 3.8) is 0 Å². The van der Waals surface area contributed by atoms with Crippen LogP contribution in [-0.2, 0) is 0 Å². The van der Waals surface area contributed by atoms with Gasteiger partial charge in [0.2, 0.25) is 5.56 Å². The number of nitro groups is 1. The molecule has 0 radical (unpaired) electrons. The number of nitrogens with zero attached hydrogens (tertiary/aromatic N) is 1. The molecule has 0 aliphatic carbocycles. The lowest BCUT2D eigenvalue weighted by Crippen LogP contribution is -2.06. The minimum Gasteiger partial charge on any atom is -0.497 e. The highest BCUT2D eigenvalue weighted by Gasteiger charge is 2.15. The molecule has 0 bridgehead atoms. The Hall–Kier alpha value is -3.15. The fourth-order valence-corrected chi connectivity index (χ4v) is 2.43. The molecule has 110 valence electrons. The number of benzene rings is 2. The van der Waals surface area contributed by atoms with Gasteiger partial charge in [0.25, 0.3) is 5.69 Å². The van der Waals surface area contributed by atoms with Gasteiger partial charge in [-0.1, -0.05) is 24.3 Å². The van der Waals surface area contributed by atoms with E-state index >= 15 is 0 Å². The zero-order valence-corrected chi connectivity index (χ0v) is 11.7. The number of non-ortho nitro benzene ring substituents is 1. The van der Waals surface area contributed by atoms with Crippen molar-refractivity contribution in [3.8, 4) is 16.9 Å². The summed E-state index contributed by atoms with van der Waals surface area (Å²) in [6.45, 7) is 0. The van der Waals surface area contributed by atoms with Crippen LogP contribution in [0, 0.1) is 10.1 Å². The Balaban J connectivity index is 2.31. The molecule has 2 aromatic carbocycles. The zero-order chi connectivity index (χ0) is 15.7. The maximum Gasteiger partial charge on any atom is 0.293 e. The second-order valence-electron chi connectivity index (χ2n) is 4.73. The standard InChI is InChI=1S/C16H12N2O4/c1-22-11-7-5-10(6-8-11)13-9-15(19)17-16-12(13)3-2-4-14(16)18(20)21/h2-9H,1H3,(H,17,19). The third-order valence-electron chi connectivity index (χ3n) is 3.45. The number of aromatic nitrogens is 1. The van der Waals surface area contributed by atoms with Crippen LogP contribution in [0.15, 0.2) is 53.3 Å². The summed E-state index contributed by atoms with van der Waals surface area (Å²) in [5.41, 5.74) is 1.16. The first-order valence-electron chi connectivity index (χ1n) is 6.55. The number of aromatic amines is 1. The molecule has 1 N–H and O–H groups in total. The second-order valence-corrected chi connectivity index (χ2v) is 4.73. The van der Waals surface area contributed by atoms with E-state index in [2.05, 4.69) is 4.98 Å². The number of nitrogens with one attached hydrogen (secondary N) is 1. The lowest BCUT2D eigenvalue weighted by Gasteiger charge is -2.07. The average molecular weight is 296 g/mol. The third kappa shape index (κ3) is 2.31. The predicted molar refractivity (Wildman–Crippen MR) is 83.2 cm³/mol. The fourth-order valence-electron chi connectivity index (χ4n) is 2.43. The van der Waals surface area contributed by atoms with Crippen LogP contribution in [0.4, 0.5) is 5.69 Å². The predicted octanol–water partition coefficient (Wildman–Crippen LogP) is 3.11. The largest absolute Gasteiger partial charge is 0.497 e. The maximum absolute atomic E-state index is 11.9. The summed E-state index contributed by atoms with van der Waals surface area (Å²) in [5.74, 6) is 0.698. The van der Waals surface area contributed by atoms with Crippen molar-refractivity contribution in [2.45, 2.75) is 0 Å². The summed E-state index contributed by atoms with van der Waals surface area (Å²) in [4.78, 5) is 25.0. The van der Waals surface area contributed by atoms with Crippen molar-refractivity contribution in [2.24, 2.45) is 0 Å². The fraction of sp³-hybridized carbons (Fsp3) is 0.0625. The molecule has 0 atom stereocenters. The number of hydrogen-bond donors (Lipinski definition) is 1. The van der Waals surface area contributed by atoms with E-state index < -0.39 is 4.92 Å². The monoisotopic (exact) mass is 296 g/mol. The van der Waals surface area contributed by atoms with Crippen LogP contribution in [0.1, 0.15) is 0 Å². The third-order valence-corrected chi connectivity index (χ3v) is 3.45. The van der Waals surface area contributed by atoms with Crippen molar-refractivity contribution in [2.75, 3.05) is 7.11 Å². The molecule has 0 unspecified atom stereocenters. The van der Waals surface area contributed by atoms with Crippen molar-refractivity contribution in [1.29, 1.82) is 0 Å². The molecule has 3 rings (SSSR count). The summed E-state index contributed by atoms with van der Waals surface area (Å²) < 4.78 is 5.11. The summed E-state index contributed by atoms with van der Waals surface area (Å²) in [6.07, 6.45) is 0. The Morgan fingerprint density at radius 1 is 1.14 bits per heavy atom. The number of hydrogen-bond acceptors (Lipinski definition) is 4. The van der Waals surface area contributed by atoms with E-state index in [0.29, 0.717) is 16.7 Å². The van der Waals surface area contributed by atoms with Crippen LogP contribution in [0.2, 0.25) is 0 Å². The lowest BCUT2D eigenvalue weighted by atomic mass is 10.0. The summed E-state index contributed by atoms with van der Waals surface area (Å²) in [5, 5.41) is 11.7. The highest BCUT2D eigenvalue weighted by atomic mass is 16.6. The first-order chi connectivity index (χ1) is 10.6. The van der Waals surface area contributed by atoms with Gasteiger partial charge < -0.3 is 9.72 Å². The van der Waals surface area contributed by atoms with Gasteiger partial charge in [-0.15, -0.1) is 0 Å². The van der Waals surface area contributed by atoms with Crippen LogP contribution in [0.25, 0.3) is 22.0 Å². The lowest BCUT2D eigenvalue weighted by molar-refractivity contribution is -0.383. The van der Waals surface area contributed by atoms with Crippen LogP contribution in [0.3, 0.4) is 0 Å². The van der Waals surface area contributed by atoms with E-state index in [1.54, 1.807) is 31.4 Å². The van der Waals surface area contributed by atoms with Gasteiger partial charge in [0.1, 0.15) is 11.3 Å². The minimum atomic E-state index is -0.504. The number of rotatable bonds is 3. The van der Waals surface area contributed by atoms with Gasteiger partial charge >= 0.3 is 0 Å². The van der Waals surface area contributed by atoms with Gasteiger partial charge in [-0.3, -0.25) is 14.9 Å². The molecular formula is C16H12N2O4. The number of ether oxygens (including phenoxy) is 1. The number of fused-ring (bicyclic) bond motifs is 1. The molecule has 0 aliphatic rings. The molecule has 0 aliphatic heterocycles. The van der Waals surface area contributed by atoms with Crippen LogP contribution >= 0.6 is 0 Å². The minimum absolute atomic E-state index is 0.120. The molecular weight excluding hydrogens is 284 g/mol. The van der Waals surface area contributed by atoms with Crippen LogP contribution in [-0.4, -0.2) is 17.0 Å². The summed E-state index contributed by atoms with van der Waals surface area (Å²) in [7, 11) is 1.57. The van der Waals surface area contributed by atoms with E-state index in [0.717, 1.165) is 5.56 Å². The molecule has 3 aromatic rings. The smallest absolute Gasteiger partial charge is 0.293 e. The van der Waals surface area contributed by atoms with Gasteiger partial charge in [-0.2, -0.15) is 0 Å². The van der Waals surface area contributed by atoms with E-state index in [4.69, 9.17) is 4.74 Å². The topological polar surface area (TPSA) is 85.2 Å². The molecule has 0 saturated carbocycles. The Morgan fingerprint density at radius 2 is 1.86 bits per heavy atom. The van der Waals surface area contributed by atoms with Gasteiger partial charge in [0, 0.05) is 17.5 Å². The van der Waals surface area contributed by atoms with Gasteiger partial charge in [0.15, 0.2) is 0 Å². The Morgan fingerprint density at radius 3 is 2.50 bits per heavy atom. The molecule has 1 aromatic heterocycles. The molecule has 0 spiro atoms. The maximum atomic E-state index is 11.9. The van der Waals surface area contributed by atoms with E-state index in [1.165, 1.54) is 12.1 Å². The molecule has 0 amide bonds. The van der Waals surface area contributed by atoms with Gasteiger partial charge in [-0.05, 0) is 23.3 Å². The van der Waals surface area contributed by atoms with E-state index in [-0.39, 0.29) is 16.8 Å². The second kappa shape index (κ2) is 5.33. The SMILES string of the molecule is COc1ccc(-c2cc(=O)[nH]c3c([N+](=O)[O-])cccc23)cc1. The van der Waals surface area contributed by atoms with Gasteiger partial charge in [-0.25, -0.2) is 0 Å². The number of nitro benzene ring substituents is 1. The first-order valence-corrected chi connectivity index (χ1v) is 6.55. The van der Waals surface area contributed by atoms with Crippen LogP contribution < -0.4 is 10.3 Å². The molecule has 6 nitrogen and oxygen atoms in total. The van der Waals surface area contributed by atoms with Crippen molar-refractivity contribution in [1.82, 2.24) is 4.98 Å². The number of methoxy groups -OCH3 is 1. The summed E-state index contributed by atoms with van der Waals surface area (Å²) in [6, 6.07) is 13.3. The number of H-pyrrole nitrogens is 1. The van der Waals surface area contributed by atoms with Crippen molar-refractivity contribution in [3.05, 3.63) is 69.0 Å². The molecule has 0 fully saturated rings. The van der Waals surface area contributed by atoms with E-state index in [9.17, 15) is 14.9 Å². The summed E-state index contributed by atoms with van der Waals surface area (Å²) >= 11 is 0. The highest BCUT2D eigenvalue weighted by molar-refractivity contribution is 5.98. The average Bonchev–Trinajstić information content (AvgIpc) is 2.53. The normalized spacial score (nSPS) is 10.6. The number of para-hydroxylation sites is 1. The molecule has 22 heavy (non-hydrogen) atoms. The Kier molecular flexibility index (Phi) is 3.34. The van der Waals surface area contributed by atoms with Crippen molar-refractivity contribution < 1.29 is 9.66 Å². The Labute approximate surface area is 125 Å². The van der Waals surface area contributed by atoms with E-state index in [1.807, 2.05) is 12.1 Å². The Bertz CT molecular complexity index is 914. The number of pyridine rings is 1. The van der Waals surface area contributed by atoms with Crippen LogP contribution in [0.5, 0.6) is 5.75 Å². The molecule has 1 heterocycles.